The van der Waals surface area contributed by atoms with Gasteiger partial charge < -0.3 is 10.5 Å². The van der Waals surface area contributed by atoms with Crippen molar-refractivity contribution in [2.24, 2.45) is 0 Å². The summed E-state index contributed by atoms with van der Waals surface area (Å²) < 4.78 is 20.0. The summed E-state index contributed by atoms with van der Waals surface area (Å²) >= 11 is 0. The molecule has 5 heteroatoms. The first-order valence-corrected chi connectivity index (χ1v) is 7.00. The summed E-state index contributed by atoms with van der Waals surface area (Å²) in [4.78, 5) is 3.97. The number of nitrogen functional groups attached to an aromatic ring is 1. The molecule has 4 N–H and O–H groups in total. The van der Waals surface area contributed by atoms with Crippen LogP contribution in [-0.2, 0) is 0 Å². The van der Waals surface area contributed by atoms with Crippen LogP contribution in [0.15, 0.2) is 67.0 Å². The normalized spacial score (nSPS) is 10.3. The van der Waals surface area contributed by atoms with Crippen molar-refractivity contribution in [2.45, 2.75) is 0 Å². The predicted octanol–water partition coefficient (Wildman–Crippen LogP) is 2.19. The highest BCUT2D eigenvalue weighted by atomic mass is 19.1. The van der Waals surface area contributed by atoms with Gasteiger partial charge in [-0.2, -0.15) is 0 Å². The number of benzene rings is 2. The Morgan fingerprint density at radius 2 is 1.78 bits per heavy atom. The highest BCUT2D eigenvalue weighted by Gasteiger charge is 2.18. The third-order valence-corrected chi connectivity index (χ3v) is 3.35. The molecule has 23 heavy (non-hydrogen) atoms. The minimum Gasteiger partial charge on any atom is -0.457 e. The summed E-state index contributed by atoms with van der Waals surface area (Å²) in [6, 6.07) is 15.3. The molecule has 1 aromatic heterocycles. The lowest BCUT2D eigenvalue weighted by Gasteiger charge is -2.08. The molecule has 0 saturated carbocycles. The second kappa shape index (κ2) is 6.27. The van der Waals surface area contributed by atoms with Gasteiger partial charge >= 0.3 is 0 Å². The number of halogens is 1. The number of pyridine rings is 1. The highest BCUT2D eigenvalue weighted by molar-refractivity contribution is 6.11. The van der Waals surface area contributed by atoms with Crippen LogP contribution in [0, 0.1) is 5.82 Å². The molecular formula is C18H15FN3O+. The smallest absolute Gasteiger partial charge is 0.217 e. The van der Waals surface area contributed by atoms with Gasteiger partial charge in [-0.25, -0.2) is 4.39 Å². The van der Waals surface area contributed by atoms with Crippen LogP contribution in [0.2, 0.25) is 0 Å². The zero-order valence-electron chi connectivity index (χ0n) is 12.2. The summed E-state index contributed by atoms with van der Waals surface area (Å²) in [5, 5.41) is 6.04. The summed E-state index contributed by atoms with van der Waals surface area (Å²) in [7, 11) is 0. The molecule has 0 atom stereocenters. The zero-order chi connectivity index (χ0) is 16.2. The fraction of sp³-hybridized carbons (Fsp3) is 0. The first-order chi connectivity index (χ1) is 11.1. The van der Waals surface area contributed by atoms with Crippen LogP contribution in [0.5, 0.6) is 11.5 Å². The van der Waals surface area contributed by atoms with Crippen molar-refractivity contribution in [3.8, 4) is 11.5 Å². The molecule has 0 radical (unpaired) electrons. The van der Waals surface area contributed by atoms with E-state index in [1.165, 1.54) is 12.3 Å². The summed E-state index contributed by atoms with van der Waals surface area (Å²) in [6.07, 6.45) is 3.07. The Balaban J connectivity index is 1.88. The number of para-hydroxylation sites is 1. The van der Waals surface area contributed by atoms with Crippen molar-refractivity contribution in [2.75, 3.05) is 5.73 Å². The zero-order valence-corrected chi connectivity index (χ0v) is 12.2. The molecule has 0 fully saturated rings. The number of nitrogens with two attached hydrogens (primary N) is 2. The average molecular weight is 308 g/mol. The molecule has 0 saturated heterocycles. The summed E-state index contributed by atoms with van der Waals surface area (Å²) in [5.74, 6) is 0.539. The molecule has 0 bridgehead atoms. The fourth-order valence-electron chi connectivity index (χ4n) is 2.18. The lowest BCUT2D eigenvalue weighted by Crippen LogP contribution is -2.42. The molecule has 0 aliphatic rings. The lowest BCUT2D eigenvalue weighted by molar-refractivity contribution is -0.111. The van der Waals surface area contributed by atoms with Crippen molar-refractivity contribution in [3.05, 3.63) is 83.9 Å². The number of anilines is 1. The molecule has 0 amide bonds. The van der Waals surface area contributed by atoms with Crippen LogP contribution in [-0.4, -0.2) is 10.7 Å². The molecule has 114 valence electrons. The van der Waals surface area contributed by atoms with Gasteiger partial charge in [0.2, 0.25) is 5.71 Å². The molecule has 0 aliphatic heterocycles. The van der Waals surface area contributed by atoms with Gasteiger partial charge in [0.1, 0.15) is 17.3 Å². The summed E-state index contributed by atoms with van der Waals surface area (Å²) in [6.45, 7) is 0. The Kier molecular flexibility index (Phi) is 4.01. The van der Waals surface area contributed by atoms with Gasteiger partial charge in [-0.3, -0.25) is 10.4 Å². The molecule has 0 aliphatic carbocycles. The van der Waals surface area contributed by atoms with Gasteiger partial charge in [-0.05, 0) is 30.3 Å². The number of ether oxygens (including phenoxy) is 1. The third kappa shape index (κ3) is 3.18. The maximum absolute atomic E-state index is 14.4. The predicted molar refractivity (Wildman–Crippen MR) is 86.7 cm³/mol. The van der Waals surface area contributed by atoms with E-state index < -0.39 is 5.82 Å². The quantitative estimate of drug-likeness (QED) is 0.726. The molecule has 1 heterocycles. The van der Waals surface area contributed by atoms with Crippen LogP contribution in [0.1, 0.15) is 11.1 Å². The monoisotopic (exact) mass is 308 g/mol. The van der Waals surface area contributed by atoms with E-state index in [1.807, 2.05) is 18.2 Å². The number of hydrogen-bond acceptors (Lipinski definition) is 3. The van der Waals surface area contributed by atoms with Gasteiger partial charge in [0.05, 0.1) is 11.1 Å². The highest BCUT2D eigenvalue weighted by Crippen LogP contribution is 2.24. The minimum atomic E-state index is -0.487. The van der Waals surface area contributed by atoms with Gasteiger partial charge in [-0.15, -0.1) is 0 Å². The Morgan fingerprint density at radius 3 is 2.48 bits per heavy atom. The third-order valence-electron chi connectivity index (χ3n) is 3.35. The number of rotatable bonds is 4. The molecule has 2 aromatic carbocycles. The molecule has 3 rings (SSSR count). The van der Waals surface area contributed by atoms with E-state index in [4.69, 9.17) is 15.9 Å². The van der Waals surface area contributed by atoms with Gasteiger partial charge in [0.15, 0.2) is 0 Å². The molecule has 0 unspecified atom stereocenters. The van der Waals surface area contributed by atoms with Crippen molar-refractivity contribution in [1.29, 1.82) is 0 Å². The van der Waals surface area contributed by atoms with Crippen molar-refractivity contribution >= 4 is 11.4 Å². The SMILES string of the molecule is Nc1ccncc1C(=[NH2+])c1ccc(Oc2ccccc2)cc1F. The average Bonchev–Trinajstić information content (AvgIpc) is 2.56. The maximum Gasteiger partial charge on any atom is 0.217 e. The first kappa shape index (κ1) is 14.7. The Hall–Kier alpha value is -3.21. The van der Waals surface area contributed by atoms with Gasteiger partial charge in [0.25, 0.3) is 0 Å². The Morgan fingerprint density at radius 1 is 1.00 bits per heavy atom. The Labute approximate surface area is 132 Å². The van der Waals surface area contributed by atoms with Crippen LogP contribution in [0.25, 0.3) is 0 Å². The van der Waals surface area contributed by atoms with E-state index in [9.17, 15) is 4.39 Å². The standard InChI is InChI=1S/C18H14FN3O/c19-16-10-13(23-12-4-2-1-3-5-12)6-7-14(16)18(21)15-11-22-9-8-17(15)20/h1-11,21H,(H2,20,22)/p+1. The van der Waals surface area contributed by atoms with Gasteiger partial charge in [-0.1, -0.05) is 18.2 Å². The second-order valence-electron chi connectivity index (χ2n) is 4.93. The Bertz CT molecular complexity index is 850. The van der Waals surface area contributed by atoms with E-state index >= 15 is 0 Å². The number of hydrogen-bond donors (Lipinski definition) is 2. The van der Waals surface area contributed by atoms with Crippen LogP contribution in [0.3, 0.4) is 0 Å². The van der Waals surface area contributed by atoms with Crippen molar-refractivity contribution in [1.82, 2.24) is 4.98 Å². The molecular weight excluding hydrogens is 293 g/mol. The maximum atomic E-state index is 14.4. The van der Waals surface area contributed by atoms with Crippen LogP contribution in [0.4, 0.5) is 10.1 Å². The largest absolute Gasteiger partial charge is 0.457 e. The topological polar surface area (TPSA) is 73.7 Å². The van der Waals surface area contributed by atoms with Crippen molar-refractivity contribution < 1.29 is 14.5 Å². The number of aromatic nitrogens is 1. The number of nitrogens with zero attached hydrogens (tertiary/aromatic N) is 1. The molecule has 3 aromatic rings. The summed E-state index contributed by atoms with van der Waals surface area (Å²) in [5.41, 5.74) is 7.29. The van der Waals surface area contributed by atoms with E-state index in [0.717, 1.165) is 0 Å². The van der Waals surface area contributed by atoms with Gasteiger partial charge in [0, 0.05) is 24.1 Å². The van der Waals surface area contributed by atoms with E-state index in [1.54, 1.807) is 36.5 Å². The van der Waals surface area contributed by atoms with E-state index in [2.05, 4.69) is 4.98 Å². The minimum absolute atomic E-state index is 0.236. The van der Waals surface area contributed by atoms with Crippen LogP contribution >= 0.6 is 0 Å². The van der Waals surface area contributed by atoms with E-state index in [-0.39, 0.29) is 11.3 Å². The first-order valence-electron chi connectivity index (χ1n) is 7.00. The second-order valence-corrected chi connectivity index (χ2v) is 4.93. The van der Waals surface area contributed by atoms with Crippen LogP contribution < -0.4 is 15.9 Å². The van der Waals surface area contributed by atoms with Crippen molar-refractivity contribution in [3.63, 3.8) is 0 Å². The molecule has 0 spiro atoms. The van der Waals surface area contributed by atoms with E-state index in [0.29, 0.717) is 22.7 Å². The molecule has 4 nitrogen and oxygen atoms in total. The lowest BCUT2D eigenvalue weighted by atomic mass is 10.0. The fourth-order valence-corrected chi connectivity index (χ4v) is 2.18.